The average Bonchev–Trinajstić information content (AvgIpc) is 2.52. The first-order chi connectivity index (χ1) is 10.3. The van der Waals surface area contributed by atoms with Gasteiger partial charge in [0.05, 0.1) is 0 Å². The molecule has 0 spiro atoms. The molecule has 0 aliphatic heterocycles. The molecule has 0 bridgehead atoms. The number of benzene rings is 2. The van der Waals surface area contributed by atoms with Gasteiger partial charge in [-0.25, -0.2) is 0 Å². The van der Waals surface area contributed by atoms with Gasteiger partial charge in [-0.15, -0.1) is 0 Å². The number of para-hydroxylation sites is 1. The van der Waals surface area contributed by atoms with E-state index in [4.69, 9.17) is 4.74 Å². The predicted molar refractivity (Wildman–Crippen MR) is 85.7 cm³/mol. The van der Waals surface area contributed by atoms with Crippen LogP contribution in [0.3, 0.4) is 0 Å². The van der Waals surface area contributed by atoms with Gasteiger partial charge in [0.2, 0.25) is 0 Å². The third-order valence-electron chi connectivity index (χ3n) is 3.40. The number of aliphatic hydroxyl groups excluding tert-OH is 1. The van der Waals surface area contributed by atoms with Crippen LogP contribution in [-0.2, 0) is 6.42 Å². The van der Waals surface area contributed by atoms with Crippen molar-refractivity contribution in [1.29, 1.82) is 0 Å². The molecule has 1 atom stereocenters. The van der Waals surface area contributed by atoms with E-state index in [-0.39, 0.29) is 0 Å². The Morgan fingerprint density at radius 2 is 1.76 bits per heavy atom. The summed E-state index contributed by atoms with van der Waals surface area (Å²) in [7, 11) is 0. The minimum atomic E-state index is -0.498. The fraction of sp³-hybridized carbons (Fsp3) is 0.333. The first-order valence-electron chi connectivity index (χ1n) is 7.37. The van der Waals surface area contributed by atoms with Gasteiger partial charge in [0, 0.05) is 6.54 Å². The molecule has 0 aromatic heterocycles. The Balaban J connectivity index is 1.61. The highest BCUT2D eigenvalue weighted by molar-refractivity contribution is 5.25. The summed E-state index contributed by atoms with van der Waals surface area (Å²) in [4.78, 5) is 0. The molecule has 0 saturated heterocycles. The molecule has 2 N–H and O–H groups in total. The monoisotopic (exact) mass is 285 g/mol. The van der Waals surface area contributed by atoms with E-state index >= 15 is 0 Å². The highest BCUT2D eigenvalue weighted by atomic mass is 16.5. The van der Waals surface area contributed by atoms with Crippen LogP contribution in [0.4, 0.5) is 0 Å². The van der Waals surface area contributed by atoms with E-state index in [9.17, 15) is 5.11 Å². The first kappa shape index (κ1) is 15.5. The van der Waals surface area contributed by atoms with Gasteiger partial charge in [0.1, 0.15) is 18.5 Å². The standard InChI is InChI=1S/C18H23NO2/c1-15-7-5-6-8-16(15)11-12-19-13-17(20)14-21-18-9-3-2-4-10-18/h2-10,17,19-20H,11-14H2,1H3. The van der Waals surface area contributed by atoms with E-state index < -0.39 is 6.10 Å². The van der Waals surface area contributed by atoms with Gasteiger partial charge >= 0.3 is 0 Å². The summed E-state index contributed by atoms with van der Waals surface area (Å²) in [6.07, 6.45) is 0.473. The van der Waals surface area contributed by atoms with Crippen LogP contribution in [-0.4, -0.2) is 30.9 Å². The molecule has 112 valence electrons. The summed E-state index contributed by atoms with van der Waals surface area (Å²) >= 11 is 0. The smallest absolute Gasteiger partial charge is 0.119 e. The Morgan fingerprint density at radius 1 is 1.05 bits per heavy atom. The number of hydrogen-bond donors (Lipinski definition) is 2. The summed E-state index contributed by atoms with van der Waals surface area (Å²) in [6, 6.07) is 17.9. The van der Waals surface area contributed by atoms with Crippen LogP contribution in [0.1, 0.15) is 11.1 Å². The highest BCUT2D eigenvalue weighted by Crippen LogP contribution is 2.08. The van der Waals surface area contributed by atoms with E-state index in [1.165, 1.54) is 11.1 Å². The van der Waals surface area contributed by atoms with E-state index in [0.29, 0.717) is 13.2 Å². The van der Waals surface area contributed by atoms with E-state index in [1.807, 2.05) is 30.3 Å². The second kappa shape index (κ2) is 8.45. The largest absolute Gasteiger partial charge is 0.491 e. The van der Waals surface area contributed by atoms with Crippen LogP contribution in [0.15, 0.2) is 54.6 Å². The fourth-order valence-corrected chi connectivity index (χ4v) is 2.15. The quantitative estimate of drug-likeness (QED) is 0.733. The first-order valence-corrected chi connectivity index (χ1v) is 7.37. The van der Waals surface area contributed by atoms with Crippen molar-refractivity contribution in [3.8, 4) is 5.75 Å². The van der Waals surface area contributed by atoms with E-state index in [0.717, 1.165) is 18.7 Å². The summed E-state index contributed by atoms with van der Waals surface area (Å²) in [5.74, 6) is 0.788. The van der Waals surface area contributed by atoms with Crippen LogP contribution in [0.2, 0.25) is 0 Å². The number of nitrogens with one attached hydrogen (secondary N) is 1. The Labute approximate surface area is 126 Å². The molecular formula is C18H23NO2. The minimum Gasteiger partial charge on any atom is -0.491 e. The zero-order chi connectivity index (χ0) is 14.9. The molecular weight excluding hydrogens is 262 g/mol. The second-order valence-corrected chi connectivity index (χ2v) is 5.16. The zero-order valence-corrected chi connectivity index (χ0v) is 12.5. The summed E-state index contributed by atoms with van der Waals surface area (Å²) < 4.78 is 5.51. The SMILES string of the molecule is Cc1ccccc1CCNCC(O)COc1ccccc1. The molecule has 0 radical (unpaired) electrons. The van der Waals surface area contributed by atoms with Gasteiger partial charge in [0.25, 0.3) is 0 Å². The van der Waals surface area contributed by atoms with Crippen molar-refractivity contribution in [3.63, 3.8) is 0 Å². The van der Waals surface area contributed by atoms with Gasteiger partial charge < -0.3 is 15.2 Å². The maximum atomic E-state index is 9.87. The maximum Gasteiger partial charge on any atom is 0.119 e. The summed E-state index contributed by atoms with van der Waals surface area (Å²) in [5.41, 5.74) is 2.66. The van der Waals surface area contributed by atoms with Crippen molar-refractivity contribution in [1.82, 2.24) is 5.32 Å². The van der Waals surface area contributed by atoms with Crippen molar-refractivity contribution in [2.45, 2.75) is 19.4 Å². The third kappa shape index (κ3) is 5.58. The van der Waals surface area contributed by atoms with Gasteiger partial charge in [0.15, 0.2) is 0 Å². The lowest BCUT2D eigenvalue weighted by Crippen LogP contribution is -2.32. The fourth-order valence-electron chi connectivity index (χ4n) is 2.15. The molecule has 3 heteroatoms. The minimum absolute atomic E-state index is 0.307. The molecule has 21 heavy (non-hydrogen) atoms. The number of aryl methyl sites for hydroxylation is 1. The molecule has 2 rings (SSSR count). The van der Waals surface area contributed by atoms with E-state index in [2.05, 4.69) is 36.5 Å². The lowest BCUT2D eigenvalue weighted by Gasteiger charge is -2.13. The van der Waals surface area contributed by atoms with Crippen molar-refractivity contribution >= 4 is 0 Å². The molecule has 0 aliphatic rings. The van der Waals surface area contributed by atoms with Crippen molar-refractivity contribution in [2.24, 2.45) is 0 Å². The molecule has 0 aliphatic carbocycles. The van der Waals surface area contributed by atoms with Crippen LogP contribution in [0.25, 0.3) is 0 Å². The van der Waals surface area contributed by atoms with Crippen molar-refractivity contribution in [2.75, 3.05) is 19.7 Å². The topological polar surface area (TPSA) is 41.5 Å². The lowest BCUT2D eigenvalue weighted by molar-refractivity contribution is 0.106. The van der Waals surface area contributed by atoms with Crippen molar-refractivity contribution < 1.29 is 9.84 Å². The van der Waals surface area contributed by atoms with Gasteiger partial charge in [-0.3, -0.25) is 0 Å². The normalized spacial score (nSPS) is 12.1. The second-order valence-electron chi connectivity index (χ2n) is 5.16. The van der Waals surface area contributed by atoms with Gasteiger partial charge in [-0.2, -0.15) is 0 Å². The molecule has 0 heterocycles. The number of aliphatic hydroxyl groups is 1. The zero-order valence-electron chi connectivity index (χ0n) is 12.5. The highest BCUT2D eigenvalue weighted by Gasteiger charge is 2.05. The van der Waals surface area contributed by atoms with Crippen LogP contribution >= 0.6 is 0 Å². The van der Waals surface area contributed by atoms with Gasteiger partial charge in [-0.1, -0.05) is 42.5 Å². The maximum absolute atomic E-state index is 9.87. The molecule has 3 nitrogen and oxygen atoms in total. The Bertz CT molecular complexity index is 528. The number of hydrogen-bond acceptors (Lipinski definition) is 3. The number of rotatable bonds is 8. The molecule has 1 unspecified atom stereocenters. The predicted octanol–water partition coefficient (Wildman–Crippen LogP) is 2.57. The van der Waals surface area contributed by atoms with Crippen LogP contribution < -0.4 is 10.1 Å². The molecule has 2 aromatic carbocycles. The van der Waals surface area contributed by atoms with Crippen molar-refractivity contribution in [3.05, 3.63) is 65.7 Å². The molecule has 0 saturated carbocycles. The van der Waals surface area contributed by atoms with Crippen LogP contribution in [0.5, 0.6) is 5.75 Å². The van der Waals surface area contributed by atoms with Gasteiger partial charge in [-0.05, 0) is 43.1 Å². The Kier molecular flexibility index (Phi) is 6.25. The van der Waals surface area contributed by atoms with E-state index in [1.54, 1.807) is 0 Å². The number of ether oxygens (including phenoxy) is 1. The third-order valence-corrected chi connectivity index (χ3v) is 3.40. The average molecular weight is 285 g/mol. The summed E-state index contributed by atoms with van der Waals surface area (Å²) in [5, 5.41) is 13.1. The lowest BCUT2D eigenvalue weighted by atomic mass is 10.1. The Morgan fingerprint density at radius 3 is 2.52 bits per heavy atom. The molecule has 2 aromatic rings. The molecule has 0 amide bonds. The molecule has 0 fully saturated rings. The summed E-state index contributed by atoms with van der Waals surface area (Å²) in [6.45, 7) is 3.82. The van der Waals surface area contributed by atoms with Crippen LogP contribution in [0, 0.1) is 6.92 Å². The Hall–Kier alpha value is -1.84.